The molecule has 0 amide bonds. The van der Waals surface area contributed by atoms with E-state index in [-0.39, 0.29) is 36.5 Å². The fraction of sp³-hybridized carbons (Fsp3) is 0.520. The summed E-state index contributed by atoms with van der Waals surface area (Å²) in [6, 6.07) is 13.9. The van der Waals surface area contributed by atoms with Crippen LogP contribution in [0.4, 0.5) is 13.2 Å². The van der Waals surface area contributed by atoms with Crippen LogP contribution >= 0.6 is 24.8 Å². The van der Waals surface area contributed by atoms with E-state index in [2.05, 4.69) is 15.0 Å². The molecule has 9 heteroatoms. The molecule has 190 valence electrons. The Kier molecular flexibility index (Phi) is 10.5. The van der Waals surface area contributed by atoms with Crippen molar-refractivity contribution in [2.75, 3.05) is 32.7 Å². The van der Waals surface area contributed by atoms with Crippen LogP contribution in [0.25, 0.3) is 11.1 Å². The van der Waals surface area contributed by atoms with Gasteiger partial charge in [-0.05, 0) is 41.7 Å². The first kappa shape index (κ1) is 28.7. The molecule has 0 bridgehead atoms. The zero-order valence-electron chi connectivity index (χ0n) is 19.0. The number of ether oxygens (including phenoxy) is 1. The number of hydrogen-bond acceptors (Lipinski definition) is 4. The Morgan fingerprint density at radius 3 is 2.21 bits per heavy atom. The molecular formula is C25H33Cl2F3N2O2. The van der Waals surface area contributed by atoms with Gasteiger partial charge in [0, 0.05) is 38.6 Å². The molecule has 1 saturated carbocycles. The number of aliphatic hydroxyl groups is 1. The molecule has 1 atom stereocenters. The summed E-state index contributed by atoms with van der Waals surface area (Å²) in [6.07, 6.45) is 0.0236. The van der Waals surface area contributed by atoms with Crippen molar-refractivity contribution in [3.05, 3.63) is 54.1 Å². The van der Waals surface area contributed by atoms with E-state index in [1.807, 2.05) is 24.3 Å². The van der Waals surface area contributed by atoms with E-state index in [1.54, 1.807) is 12.1 Å². The predicted octanol–water partition coefficient (Wildman–Crippen LogP) is 5.78. The molecule has 4 rings (SSSR count). The highest BCUT2D eigenvalue weighted by Crippen LogP contribution is 2.41. The molecule has 1 unspecified atom stereocenters. The van der Waals surface area contributed by atoms with Gasteiger partial charge in [0.05, 0.1) is 5.60 Å². The van der Waals surface area contributed by atoms with E-state index in [1.165, 1.54) is 12.1 Å². The van der Waals surface area contributed by atoms with Crippen molar-refractivity contribution in [1.82, 2.24) is 10.2 Å². The Bertz CT molecular complexity index is 902. The van der Waals surface area contributed by atoms with E-state index in [4.69, 9.17) is 0 Å². The third-order valence-corrected chi connectivity index (χ3v) is 6.71. The van der Waals surface area contributed by atoms with Gasteiger partial charge < -0.3 is 20.1 Å². The van der Waals surface area contributed by atoms with Gasteiger partial charge >= 0.3 is 6.36 Å². The summed E-state index contributed by atoms with van der Waals surface area (Å²) in [4.78, 5) is 2.40. The zero-order chi connectivity index (χ0) is 22.6. The zero-order valence-corrected chi connectivity index (χ0v) is 20.7. The Balaban J connectivity index is 0.00000204. The molecule has 34 heavy (non-hydrogen) atoms. The molecule has 0 spiro atoms. The molecule has 1 heterocycles. The van der Waals surface area contributed by atoms with Crippen molar-refractivity contribution < 1.29 is 23.0 Å². The lowest BCUT2D eigenvalue weighted by Gasteiger charge is -2.42. The predicted molar refractivity (Wildman–Crippen MR) is 133 cm³/mol. The topological polar surface area (TPSA) is 44.7 Å². The Morgan fingerprint density at radius 1 is 0.941 bits per heavy atom. The minimum absolute atomic E-state index is 0. The summed E-state index contributed by atoms with van der Waals surface area (Å²) >= 11 is 0. The monoisotopic (exact) mass is 520 g/mol. The Labute approximate surface area is 211 Å². The molecule has 2 aliphatic rings. The second-order valence-corrected chi connectivity index (χ2v) is 8.97. The SMILES string of the molecule is Cl.Cl.OC1(C(CN2CCNCC2)c2cccc(-c3cccc(OC(F)(F)F)c3)c2)CCCCC1. The third-order valence-electron chi connectivity index (χ3n) is 6.71. The number of benzene rings is 2. The summed E-state index contributed by atoms with van der Waals surface area (Å²) in [5, 5.41) is 15.0. The molecule has 0 aromatic heterocycles. The normalized spacial score (nSPS) is 19.4. The van der Waals surface area contributed by atoms with Crippen molar-refractivity contribution in [3.8, 4) is 16.9 Å². The van der Waals surface area contributed by atoms with Gasteiger partial charge in [-0.1, -0.05) is 55.7 Å². The minimum atomic E-state index is -4.72. The fourth-order valence-corrected chi connectivity index (χ4v) is 5.06. The van der Waals surface area contributed by atoms with Crippen molar-refractivity contribution in [2.45, 2.75) is 50.0 Å². The van der Waals surface area contributed by atoms with Crippen LogP contribution in [0.2, 0.25) is 0 Å². The van der Waals surface area contributed by atoms with Crippen molar-refractivity contribution in [1.29, 1.82) is 0 Å². The smallest absolute Gasteiger partial charge is 0.406 e. The van der Waals surface area contributed by atoms with Gasteiger partial charge in [-0.2, -0.15) is 0 Å². The summed E-state index contributed by atoms with van der Waals surface area (Å²) in [5.74, 6) is -0.279. The first-order valence-electron chi connectivity index (χ1n) is 11.4. The van der Waals surface area contributed by atoms with Gasteiger partial charge in [0.1, 0.15) is 5.75 Å². The van der Waals surface area contributed by atoms with Crippen LogP contribution in [-0.2, 0) is 0 Å². The van der Waals surface area contributed by atoms with Crippen molar-refractivity contribution in [3.63, 3.8) is 0 Å². The molecular weight excluding hydrogens is 488 g/mol. The first-order valence-corrected chi connectivity index (χ1v) is 11.4. The molecule has 1 aliphatic heterocycles. The summed E-state index contributed by atoms with van der Waals surface area (Å²) in [5.41, 5.74) is 1.75. The Morgan fingerprint density at radius 2 is 1.56 bits per heavy atom. The maximum absolute atomic E-state index is 12.7. The number of nitrogens with one attached hydrogen (secondary N) is 1. The lowest BCUT2D eigenvalue weighted by atomic mass is 9.72. The minimum Gasteiger partial charge on any atom is -0.406 e. The van der Waals surface area contributed by atoms with E-state index in [9.17, 15) is 18.3 Å². The summed E-state index contributed by atoms with van der Waals surface area (Å²) < 4.78 is 42.1. The number of halogens is 5. The van der Waals surface area contributed by atoms with Crippen LogP contribution in [-0.4, -0.2) is 54.7 Å². The number of hydrogen-bond donors (Lipinski definition) is 2. The molecule has 2 N–H and O–H groups in total. The molecule has 2 fully saturated rings. The second-order valence-electron chi connectivity index (χ2n) is 8.97. The van der Waals surface area contributed by atoms with E-state index in [0.717, 1.165) is 76.0 Å². The number of piperazine rings is 1. The van der Waals surface area contributed by atoms with Crippen LogP contribution < -0.4 is 10.1 Å². The van der Waals surface area contributed by atoms with E-state index < -0.39 is 12.0 Å². The average molecular weight is 521 g/mol. The standard InChI is InChI=1S/C25H31F3N2O2.2ClH/c26-25(27,28)32-22-9-5-7-20(17-22)19-6-4-8-21(16-19)23(18-30-14-12-29-13-15-30)24(31)10-2-1-3-11-24;;/h4-9,16-17,23,29,31H,1-3,10-15,18H2;2*1H. The average Bonchev–Trinajstić information content (AvgIpc) is 2.78. The van der Waals surface area contributed by atoms with Crippen molar-refractivity contribution in [2.24, 2.45) is 0 Å². The van der Waals surface area contributed by atoms with Gasteiger partial charge in [0.25, 0.3) is 0 Å². The van der Waals surface area contributed by atoms with Gasteiger partial charge in [-0.15, -0.1) is 38.0 Å². The van der Waals surface area contributed by atoms with Gasteiger partial charge in [0.2, 0.25) is 0 Å². The van der Waals surface area contributed by atoms with Crippen LogP contribution in [0.5, 0.6) is 5.75 Å². The third kappa shape index (κ3) is 7.49. The van der Waals surface area contributed by atoms with E-state index >= 15 is 0 Å². The Hall–Kier alpha value is -1.51. The maximum Gasteiger partial charge on any atom is 0.573 e. The van der Waals surface area contributed by atoms with Crippen LogP contribution in [0.1, 0.15) is 43.6 Å². The quantitative estimate of drug-likeness (QED) is 0.506. The molecule has 2 aromatic rings. The molecule has 0 radical (unpaired) electrons. The van der Waals surface area contributed by atoms with E-state index in [0.29, 0.717) is 5.56 Å². The molecule has 1 aliphatic carbocycles. The van der Waals surface area contributed by atoms with Gasteiger partial charge in [-0.3, -0.25) is 0 Å². The summed E-state index contributed by atoms with van der Waals surface area (Å²) in [6.45, 7) is 4.55. The van der Waals surface area contributed by atoms with Gasteiger partial charge in [-0.25, -0.2) is 0 Å². The van der Waals surface area contributed by atoms with Crippen molar-refractivity contribution >= 4 is 24.8 Å². The lowest BCUT2D eigenvalue weighted by molar-refractivity contribution is -0.274. The highest BCUT2D eigenvalue weighted by atomic mass is 35.5. The molecule has 4 nitrogen and oxygen atoms in total. The molecule has 1 saturated heterocycles. The van der Waals surface area contributed by atoms with Crippen LogP contribution in [0, 0.1) is 0 Å². The summed E-state index contributed by atoms with van der Waals surface area (Å²) in [7, 11) is 0. The van der Waals surface area contributed by atoms with Crippen LogP contribution in [0.15, 0.2) is 48.5 Å². The maximum atomic E-state index is 12.7. The fourth-order valence-electron chi connectivity index (χ4n) is 5.06. The highest BCUT2D eigenvalue weighted by Gasteiger charge is 2.39. The molecule has 2 aromatic carbocycles. The highest BCUT2D eigenvalue weighted by molar-refractivity contribution is 5.85. The van der Waals surface area contributed by atoms with Crippen LogP contribution in [0.3, 0.4) is 0 Å². The lowest BCUT2D eigenvalue weighted by Crippen LogP contribution is -2.49. The number of rotatable bonds is 6. The largest absolute Gasteiger partial charge is 0.573 e. The second kappa shape index (κ2) is 12.5. The first-order chi connectivity index (χ1) is 15.3. The number of alkyl halides is 3. The number of nitrogens with zero attached hydrogens (tertiary/aromatic N) is 1. The van der Waals surface area contributed by atoms with Gasteiger partial charge in [0.15, 0.2) is 0 Å².